The SMILES string of the molecule is Cc1ccc(S(=O)(=O)Nc2cccc(Oc3c(F)cc(C(F)(F)F)cc3F)c2C)cc1. The molecular weight excluding hydrogens is 441 g/mol. The van der Waals surface area contributed by atoms with Gasteiger partial charge in [-0.2, -0.15) is 13.2 Å². The van der Waals surface area contributed by atoms with Gasteiger partial charge in [0.05, 0.1) is 16.1 Å². The average molecular weight is 457 g/mol. The van der Waals surface area contributed by atoms with Gasteiger partial charge in [-0.05, 0) is 50.2 Å². The molecule has 0 amide bonds. The van der Waals surface area contributed by atoms with Crippen LogP contribution < -0.4 is 9.46 Å². The number of hydrogen-bond donors (Lipinski definition) is 1. The summed E-state index contributed by atoms with van der Waals surface area (Å²) in [4.78, 5) is 0.00338. The molecule has 0 aliphatic carbocycles. The van der Waals surface area contributed by atoms with E-state index in [4.69, 9.17) is 4.74 Å². The maximum Gasteiger partial charge on any atom is 0.416 e. The maximum absolute atomic E-state index is 14.1. The third-order valence-electron chi connectivity index (χ3n) is 4.40. The monoisotopic (exact) mass is 457 g/mol. The standard InChI is InChI=1S/C21H16F5NO3S/c1-12-6-8-15(9-7-12)31(28,29)27-18-4-3-5-19(13(18)2)30-20-16(22)10-14(11-17(20)23)21(24,25)26/h3-11,27H,1-2H3. The Morgan fingerprint density at radius 3 is 2.03 bits per heavy atom. The highest BCUT2D eigenvalue weighted by atomic mass is 32.2. The zero-order chi connectivity index (χ0) is 23.0. The summed E-state index contributed by atoms with van der Waals surface area (Å²) in [6, 6.07) is 10.4. The number of halogens is 5. The van der Waals surface area contributed by atoms with Gasteiger partial charge < -0.3 is 4.74 Å². The summed E-state index contributed by atoms with van der Waals surface area (Å²) in [5.41, 5.74) is -0.375. The van der Waals surface area contributed by atoms with E-state index in [-0.39, 0.29) is 34.0 Å². The first-order chi connectivity index (χ1) is 14.4. The van der Waals surface area contributed by atoms with Gasteiger partial charge in [-0.25, -0.2) is 17.2 Å². The number of hydrogen-bond acceptors (Lipinski definition) is 3. The Hall–Kier alpha value is -3.14. The molecule has 0 saturated carbocycles. The number of aryl methyl sites for hydroxylation is 1. The van der Waals surface area contributed by atoms with Gasteiger partial charge in [0.25, 0.3) is 10.0 Å². The Labute approximate surface area is 175 Å². The summed E-state index contributed by atoms with van der Waals surface area (Å²) in [5.74, 6) is -4.26. The van der Waals surface area contributed by atoms with Gasteiger partial charge in [0.1, 0.15) is 5.75 Å². The summed E-state index contributed by atoms with van der Waals surface area (Å²) in [5, 5.41) is 0. The summed E-state index contributed by atoms with van der Waals surface area (Å²) in [6.07, 6.45) is -4.93. The minimum Gasteiger partial charge on any atom is -0.451 e. The van der Waals surface area contributed by atoms with E-state index in [0.717, 1.165) is 5.56 Å². The van der Waals surface area contributed by atoms with Gasteiger partial charge in [-0.15, -0.1) is 0 Å². The van der Waals surface area contributed by atoms with Gasteiger partial charge in [0.15, 0.2) is 17.4 Å². The minimum atomic E-state index is -4.93. The van der Waals surface area contributed by atoms with Crippen LogP contribution in [-0.4, -0.2) is 8.42 Å². The van der Waals surface area contributed by atoms with E-state index in [1.54, 1.807) is 19.1 Å². The third kappa shape index (κ3) is 4.96. The number of anilines is 1. The van der Waals surface area contributed by atoms with Crippen molar-refractivity contribution in [2.24, 2.45) is 0 Å². The lowest BCUT2D eigenvalue weighted by atomic mass is 10.1. The molecule has 0 unspecified atom stereocenters. The van der Waals surface area contributed by atoms with Gasteiger partial charge >= 0.3 is 6.18 Å². The first-order valence-corrected chi connectivity index (χ1v) is 10.3. The predicted molar refractivity (Wildman–Crippen MR) is 105 cm³/mol. The first kappa shape index (κ1) is 22.5. The molecule has 0 spiro atoms. The molecule has 3 aromatic carbocycles. The van der Waals surface area contributed by atoms with E-state index >= 15 is 0 Å². The van der Waals surface area contributed by atoms with Crippen molar-refractivity contribution >= 4 is 15.7 Å². The molecule has 1 N–H and O–H groups in total. The number of benzene rings is 3. The van der Waals surface area contributed by atoms with Crippen molar-refractivity contribution in [3.05, 3.63) is 82.9 Å². The lowest BCUT2D eigenvalue weighted by Crippen LogP contribution is -2.14. The van der Waals surface area contributed by atoms with Crippen molar-refractivity contribution in [1.82, 2.24) is 0 Å². The third-order valence-corrected chi connectivity index (χ3v) is 5.78. The molecule has 0 aliphatic heterocycles. The van der Waals surface area contributed by atoms with E-state index in [1.165, 1.54) is 37.3 Å². The Balaban J connectivity index is 1.92. The quantitative estimate of drug-likeness (QED) is 0.465. The Morgan fingerprint density at radius 2 is 1.48 bits per heavy atom. The molecule has 0 fully saturated rings. The number of alkyl halides is 3. The number of nitrogens with one attached hydrogen (secondary N) is 1. The number of ether oxygens (including phenoxy) is 1. The summed E-state index contributed by atoms with van der Waals surface area (Å²) < 4.78 is 99.0. The summed E-state index contributed by atoms with van der Waals surface area (Å²) in [7, 11) is -3.96. The zero-order valence-electron chi connectivity index (χ0n) is 16.2. The highest BCUT2D eigenvalue weighted by Gasteiger charge is 2.33. The molecule has 3 aromatic rings. The first-order valence-electron chi connectivity index (χ1n) is 8.81. The molecule has 0 radical (unpaired) electrons. The minimum absolute atomic E-state index is 0.00338. The van der Waals surface area contributed by atoms with Crippen molar-refractivity contribution < 1.29 is 35.1 Å². The van der Waals surface area contributed by atoms with Crippen LogP contribution in [0.5, 0.6) is 11.5 Å². The Kier molecular flexibility index (Phi) is 5.95. The number of rotatable bonds is 5. The molecule has 3 rings (SSSR count). The molecule has 0 aromatic heterocycles. The topological polar surface area (TPSA) is 55.4 Å². The second kappa shape index (κ2) is 8.18. The maximum atomic E-state index is 14.1. The molecule has 4 nitrogen and oxygen atoms in total. The molecule has 0 heterocycles. The van der Waals surface area contributed by atoms with Crippen LogP contribution in [0.2, 0.25) is 0 Å². The molecule has 0 aliphatic rings. The van der Waals surface area contributed by atoms with E-state index in [0.29, 0.717) is 0 Å². The van der Waals surface area contributed by atoms with E-state index in [1.807, 2.05) is 0 Å². The van der Waals surface area contributed by atoms with E-state index in [2.05, 4.69) is 4.72 Å². The van der Waals surface area contributed by atoms with Gasteiger partial charge in [0, 0.05) is 5.56 Å². The van der Waals surface area contributed by atoms with Crippen LogP contribution in [0.4, 0.5) is 27.6 Å². The predicted octanol–water partition coefficient (Wildman–Crippen LogP) is 6.19. The van der Waals surface area contributed by atoms with Gasteiger partial charge in [0.2, 0.25) is 0 Å². The molecule has 0 bridgehead atoms. The van der Waals surface area contributed by atoms with Crippen LogP contribution in [0.1, 0.15) is 16.7 Å². The van der Waals surface area contributed by atoms with E-state index in [9.17, 15) is 30.4 Å². The fraction of sp³-hybridized carbons (Fsp3) is 0.143. The van der Waals surface area contributed by atoms with Gasteiger partial charge in [-0.1, -0.05) is 23.8 Å². The van der Waals surface area contributed by atoms with Crippen molar-refractivity contribution in [3.63, 3.8) is 0 Å². The molecule has 164 valence electrons. The van der Waals surface area contributed by atoms with E-state index < -0.39 is 39.1 Å². The van der Waals surface area contributed by atoms with Crippen LogP contribution in [0.25, 0.3) is 0 Å². The van der Waals surface area contributed by atoms with Gasteiger partial charge in [-0.3, -0.25) is 4.72 Å². The lowest BCUT2D eigenvalue weighted by Gasteiger charge is -2.16. The average Bonchev–Trinajstić information content (AvgIpc) is 2.66. The molecule has 0 saturated heterocycles. The Bertz CT molecular complexity index is 1200. The van der Waals surface area contributed by atoms with Crippen molar-refractivity contribution in [1.29, 1.82) is 0 Å². The second-order valence-corrected chi connectivity index (χ2v) is 8.40. The van der Waals surface area contributed by atoms with Crippen molar-refractivity contribution in [2.45, 2.75) is 24.9 Å². The fourth-order valence-electron chi connectivity index (χ4n) is 2.69. The van der Waals surface area contributed by atoms with Crippen molar-refractivity contribution in [2.75, 3.05) is 4.72 Å². The fourth-order valence-corrected chi connectivity index (χ4v) is 3.81. The smallest absolute Gasteiger partial charge is 0.416 e. The molecule has 10 heteroatoms. The summed E-state index contributed by atoms with van der Waals surface area (Å²) in [6.45, 7) is 3.23. The highest BCUT2D eigenvalue weighted by molar-refractivity contribution is 7.92. The lowest BCUT2D eigenvalue weighted by molar-refractivity contribution is -0.138. The normalized spacial score (nSPS) is 12.0. The second-order valence-electron chi connectivity index (χ2n) is 6.72. The molecule has 0 atom stereocenters. The van der Waals surface area contributed by atoms with Crippen LogP contribution in [0, 0.1) is 25.5 Å². The molecule has 31 heavy (non-hydrogen) atoms. The van der Waals surface area contributed by atoms with Crippen LogP contribution in [0.3, 0.4) is 0 Å². The largest absolute Gasteiger partial charge is 0.451 e. The number of sulfonamides is 1. The van der Waals surface area contributed by atoms with Crippen LogP contribution in [-0.2, 0) is 16.2 Å². The molecular formula is C21H16F5NO3S. The van der Waals surface area contributed by atoms with Crippen molar-refractivity contribution in [3.8, 4) is 11.5 Å². The zero-order valence-corrected chi connectivity index (χ0v) is 17.0. The Morgan fingerprint density at radius 1 is 0.903 bits per heavy atom. The van der Waals surface area contributed by atoms with Crippen LogP contribution in [0.15, 0.2) is 59.5 Å². The van der Waals surface area contributed by atoms with Crippen LogP contribution >= 0.6 is 0 Å². The summed E-state index contributed by atoms with van der Waals surface area (Å²) >= 11 is 0. The highest BCUT2D eigenvalue weighted by Crippen LogP contribution is 2.37.